The second-order valence-corrected chi connectivity index (χ2v) is 5.22. The van der Waals surface area contributed by atoms with E-state index in [0.29, 0.717) is 23.9 Å². The molecule has 2 rings (SSSR count). The second-order valence-electron chi connectivity index (χ2n) is 4.81. The first-order chi connectivity index (χ1) is 10.1. The van der Waals surface area contributed by atoms with Gasteiger partial charge in [0.15, 0.2) is 0 Å². The third kappa shape index (κ3) is 5.46. The van der Waals surface area contributed by atoms with Crippen LogP contribution >= 0.6 is 24.0 Å². The van der Waals surface area contributed by atoms with E-state index in [2.05, 4.69) is 16.0 Å². The van der Waals surface area contributed by atoms with E-state index in [-0.39, 0.29) is 30.8 Å². The van der Waals surface area contributed by atoms with Gasteiger partial charge in [0.2, 0.25) is 5.91 Å². The van der Waals surface area contributed by atoms with Gasteiger partial charge in [0.25, 0.3) is 5.91 Å². The van der Waals surface area contributed by atoms with Crippen molar-refractivity contribution >= 4 is 41.5 Å². The lowest BCUT2D eigenvalue weighted by atomic mass is 10.2. The Bertz CT molecular complexity index is 534. The molecule has 3 N–H and O–H groups in total. The van der Waals surface area contributed by atoms with E-state index in [0.717, 1.165) is 12.1 Å². The van der Waals surface area contributed by atoms with Gasteiger partial charge in [-0.1, -0.05) is 17.7 Å². The highest BCUT2D eigenvalue weighted by atomic mass is 35.5. The van der Waals surface area contributed by atoms with Gasteiger partial charge in [0, 0.05) is 13.1 Å². The van der Waals surface area contributed by atoms with Gasteiger partial charge >= 0.3 is 0 Å². The van der Waals surface area contributed by atoms with E-state index in [9.17, 15) is 9.59 Å². The Balaban J connectivity index is 0.00000242. The smallest absolute Gasteiger partial charge is 0.250 e. The van der Waals surface area contributed by atoms with Crippen LogP contribution in [0.4, 0.5) is 5.69 Å². The molecule has 0 aromatic heterocycles. The van der Waals surface area contributed by atoms with Crippen molar-refractivity contribution in [3.05, 3.63) is 28.8 Å². The molecule has 1 heterocycles. The molecule has 1 atom stereocenters. The number of anilines is 1. The van der Waals surface area contributed by atoms with Crippen molar-refractivity contribution in [2.45, 2.75) is 13.0 Å². The molecule has 0 aliphatic carbocycles. The zero-order valence-electron chi connectivity index (χ0n) is 12.1. The third-order valence-corrected chi connectivity index (χ3v) is 3.35. The topological polar surface area (TPSA) is 79.5 Å². The van der Waals surface area contributed by atoms with Gasteiger partial charge in [0.1, 0.15) is 6.10 Å². The Morgan fingerprint density at radius 3 is 2.86 bits per heavy atom. The molecular weight excluding hydrogens is 329 g/mol. The van der Waals surface area contributed by atoms with Crippen LogP contribution < -0.4 is 16.0 Å². The number of rotatable bonds is 4. The number of carbonyl (C=O) groups is 2. The predicted molar refractivity (Wildman–Crippen MR) is 87.7 cm³/mol. The maximum absolute atomic E-state index is 11.8. The highest BCUT2D eigenvalue weighted by Crippen LogP contribution is 2.22. The standard InChI is InChI=1S/C14H18ClN3O3.ClH/c1-9-2-3-11(10(15)6-9)18-13(19)8-17-14(20)12-7-16-4-5-21-12;/h2-3,6,12,16H,4-5,7-8H2,1H3,(H,17,20)(H,18,19);1H. The minimum atomic E-state index is -0.547. The van der Waals surface area contributed by atoms with Crippen molar-refractivity contribution in [1.29, 1.82) is 0 Å². The van der Waals surface area contributed by atoms with Crippen LogP contribution in [0.2, 0.25) is 5.02 Å². The fraction of sp³-hybridized carbons (Fsp3) is 0.429. The quantitative estimate of drug-likeness (QED) is 0.762. The lowest BCUT2D eigenvalue weighted by Crippen LogP contribution is -2.49. The number of halogens is 2. The summed E-state index contributed by atoms with van der Waals surface area (Å²) in [7, 11) is 0. The van der Waals surface area contributed by atoms with E-state index in [1.807, 2.05) is 13.0 Å². The molecule has 22 heavy (non-hydrogen) atoms. The number of carbonyl (C=O) groups excluding carboxylic acids is 2. The molecule has 0 saturated carbocycles. The van der Waals surface area contributed by atoms with Crippen molar-refractivity contribution in [2.75, 3.05) is 31.6 Å². The summed E-state index contributed by atoms with van der Waals surface area (Å²) in [5.41, 5.74) is 1.53. The van der Waals surface area contributed by atoms with Crippen LogP contribution in [0.1, 0.15) is 5.56 Å². The first kappa shape index (κ1) is 18.7. The normalized spacial score (nSPS) is 17.3. The third-order valence-electron chi connectivity index (χ3n) is 3.04. The maximum atomic E-state index is 11.8. The molecule has 1 aromatic rings. The Kier molecular flexibility index (Phi) is 7.61. The Morgan fingerprint density at radius 2 is 2.23 bits per heavy atom. The summed E-state index contributed by atoms with van der Waals surface area (Å²) in [4.78, 5) is 23.6. The fourth-order valence-corrected chi connectivity index (χ4v) is 2.21. The summed E-state index contributed by atoms with van der Waals surface area (Å²) in [6.45, 7) is 3.47. The molecule has 1 aliphatic heterocycles. The van der Waals surface area contributed by atoms with Crippen LogP contribution in [0.15, 0.2) is 18.2 Å². The lowest BCUT2D eigenvalue weighted by Gasteiger charge is -2.22. The number of benzene rings is 1. The lowest BCUT2D eigenvalue weighted by molar-refractivity contribution is -0.135. The SMILES string of the molecule is Cc1ccc(NC(=O)CNC(=O)C2CNCCO2)c(Cl)c1.Cl. The van der Waals surface area contributed by atoms with Crippen molar-refractivity contribution in [3.63, 3.8) is 0 Å². The molecule has 1 unspecified atom stereocenters. The number of nitrogens with one attached hydrogen (secondary N) is 3. The molecule has 0 spiro atoms. The summed E-state index contributed by atoms with van der Waals surface area (Å²) in [5, 5.41) is 8.72. The van der Waals surface area contributed by atoms with Crippen LogP contribution in [-0.4, -0.2) is 44.2 Å². The molecule has 1 aromatic carbocycles. The van der Waals surface area contributed by atoms with E-state index >= 15 is 0 Å². The van der Waals surface area contributed by atoms with Crippen molar-refractivity contribution in [2.24, 2.45) is 0 Å². The van der Waals surface area contributed by atoms with Gasteiger partial charge in [-0.2, -0.15) is 0 Å². The summed E-state index contributed by atoms with van der Waals surface area (Å²) in [5.74, 6) is -0.634. The molecule has 6 nitrogen and oxygen atoms in total. The molecule has 0 bridgehead atoms. The van der Waals surface area contributed by atoms with E-state index in [4.69, 9.17) is 16.3 Å². The van der Waals surface area contributed by atoms with Gasteiger partial charge in [-0.25, -0.2) is 0 Å². The molecule has 8 heteroatoms. The van der Waals surface area contributed by atoms with Crippen LogP contribution in [0.25, 0.3) is 0 Å². The molecular formula is C14H19Cl2N3O3. The summed E-state index contributed by atoms with van der Waals surface area (Å²) in [6, 6.07) is 5.34. The zero-order valence-corrected chi connectivity index (χ0v) is 13.7. The summed E-state index contributed by atoms with van der Waals surface area (Å²) in [6.07, 6.45) is -0.547. The number of hydrogen-bond donors (Lipinski definition) is 3. The molecule has 1 fully saturated rings. The molecule has 1 saturated heterocycles. The number of amides is 2. The van der Waals surface area contributed by atoms with Gasteiger partial charge in [-0.3, -0.25) is 9.59 Å². The Labute approximate surface area is 140 Å². The minimum absolute atomic E-state index is 0. The Morgan fingerprint density at radius 1 is 1.45 bits per heavy atom. The van der Waals surface area contributed by atoms with E-state index < -0.39 is 6.10 Å². The highest BCUT2D eigenvalue weighted by molar-refractivity contribution is 6.33. The van der Waals surface area contributed by atoms with Gasteiger partial charge in [-0.05, 0) is 24.6 Å². The maximum Gasteiger partial charge on any atom is 0.250 e. The average Bonchev–Trinajstić information content (AvgIpc) is 2.48. The zero-order chi connectivity index (χ0) is 15.2. The first-order valence-corrected chi connectivity index (χ1v) is 7.10. The highest BCUT2D eigenvalue weighted by Gasteiger charge is 2.21. The number of morpholine rings is 1. The summed E-state index contributed by atoms with van der Waals surface area (Å²) < 4.78 is 5.30. The largest absolute Gasteiger partial charge is 0.366 e. The van der Waals surface area contributed by atoms with Crippen LogP contribution in [-0.2, 0) is 14.3 Å². The van der Waals surface area contributed by atoms with Gasteiger partial charge in [0.05, 0.1) is 23.9 Å². The first-order valence-electron chi connectivity index (χ1n) is 6.72. The predicted octanol–water partition coefficient (Wildman–Crippen LogP) is 1.11. The molecule has 2 amide bonds. The van der Waals surface area contributed by atoms with Crippen LogP contribution in [0.5, 0.6) is 0 Å². The number of hydrogen-bond acceptors (Lipinski definition) is 4. The number of ether oxygens (including phenoxy) is 1. The van der Waals surface area contributed by atoms with Crippen LogP contribution in [0, 0.1) is 6.92 Å². The Hall–Kier alpha value is -1.34. The minimum Gasteiger partial charge on any atom is -0.366 e. The van der Waals surface area contributed by atoms with E-state index in [1.165, 1.54) is 0 Å². The molecule has 0 radical (unpaired) electrons. The summed E-state index contributed by atoms with van der Waals surface area (Å²) >= 11 is 6.03. The number of aryl methyl sites for hydroxylation is 1. The van der Waals surface area contributed by atoms with Crippen LogP contribution in [0.3, 0.4) is 0 Å². The van der Waals surface area contributed by atoms with Crippen molar-refractivity contribution in [1.82, 2.24) is 10.6 Å². The van der Waals surface area contributed by atoms with Gasteiger partial charge in [-0.15, -0.1) is 12.4 Å². The molecule has 1 aliphatic rings. The van der Waals surface area contributed by atoms with Crippen molar-refractivity contribution in [3.8, 4) is 0 Å². The monoisotopic (exact) mass is 347 g/mol. The van der Waals surface area contributed by atoms with Crippen molar-refractivity contribution < 1.29 is 14.3 Å². The fourth-order valence-electron chi connectivity index (χ4n) is 1.93. The second kappa shape index (κ2) is 8.95. The van der Waals surface area contributed by atoms with Gasteiger partial charge < -0.3 is 20.7 Å². The average molecular weight is 348 g/mol. The van der Waals surface area contributed by atoms with E-state index in [1.54, 1.807) is 12.1 Å². The molecule has 122 valence electrons.